The number of anilines is 1. The smallest absolute Gasteiger partial charge is 0.291 e. The van der Waals surface area contributed by atoms with Gasteiger partial charge in [0.15, 0.2) is 5.76 Å². The zero-order valence-corrected chi connectivity index (χ0v) is 17.0. The van der Waals surface area contributed by atoms with Crippen molar-refractivity contribution in [3.05, 3.63) is 126 Å². The van der Waals surface area contributed by atoms with E-state index in [0.29, 0.717) is 11.3 Å². The van der Waals surface area contributed by atoms with Gasteiger partial charge in [-0.15, -0.1) is 0 Å². The molecule has 4 rings (SSSR count). The molecule has 2 amide bonds. The summed E-state index contributed by atoms with van der Waals surface area (Å²) in [6, 6.07) is 29.7. The van der Waals surface area contributed by atoms with Gasteiger partial charge in [-0.1, -0.05) is 66.7 Å². The van der Waals surface area contributed by atoms with E-state index in [1.54, 1.807) is 36.4 Å². The van der Waals surface area contributed by atoms with Crippen molar-refractivity contribution in [1.82, 2.24) is 5.32 Å². The lowest BCUT2D eigenvalue weighted by atomic mass is 9.84. The van der Waals surface area contributed by atoms with E-state index in [1.165, 1.54) is 6.26 Å². The highest BCUT2D eigenvalue weighted by Crippen LogP contribution is 2.29. The quantitative estimate of drug-likeness (QED) is 0.457. The van der Waals surface area contributed by atoms with Crippen molar-refractivity contribution in [3.8, 4) is 0 Å². The fourth-order valence-electron chi connectivity index (χ4n) is 3.49. The molecule has 154 valence electrons. The molecule has 0 bridgehead atoms. The molecule has 0 aliphatic heterocycles. The monoisotopic (exact) mass is 410 g/mol. The first-order valence-electron chi connectivity index (χ1n) is 9.95. The number of rotatable bonds is 6. The van der Waals surface area contributed by atoms with Crippen LogP contribution in [0.4, 0.5) is 5.69 Å². The number of amides is 2. The normalized spacial score (nSPS) is 11.0. The van der Waals surface area contributed by atoms with Crippen LogP contribution in [-0.2, 0) is 5.54 Å². The van der Waals surface area contributed by atoms with Gasteiger partial charge in [-0.05, 0) is 48.4 Å². The molecule has 0 atom stereocenters. The second kappa shape index (κ2) is 8.71. The Morgan fingerprint density at radius 2 is 1.39 bits per heavy atom. The SMILES string of the molecule is CC(NC(=O)c1cccc(NC(=O)c2ccco2)c1)(c1ccccc1)c1ccccc1. The molecule has 2 N–H and O–H groups in total. The molecule has 0 fully saturated rings. The maximum absolute atomic E-state index is 13.2. The van der Waals surface area contributed by atoms with E-state index in [2.05, 4.69) is 10.6 Å². The minimum Gasteiger partial charge on any atom is -0.459 e. The van der Waals surface area contributed by atoms with Gasteiger partial charge in [-0.25, -0.2) is 0 Å². The molecule has 0 saturated carbocycles. The third kappa shape index (κ3) is 4.41. The maximum Gasteiger partial charge on any atom is 0.291 e. The Morgan fingerprint density at radius 3 is 1.97 bits per heavy atom. The Morgan fingerprint density at radius 1 is 0.742 bits per heavy atom. The van der Waals surface area contributed by atoms with Gasteiger partial charge < -0.3 is 15.1 Å². The number of furan rings is 1. The first-order valence-corrected chi connectivity index (χ1v) is 9.95. The van der Waals surface area contributed by atoms with Crippen LogP contribution in [0, 0.1) is 0 Å². The maximum atomic E-state index is 13.2. The van der Waals surface area contributed by atoms with Gasteiger partial charge in [0.05, 0.1) is 11.8 Å². The third-order valence-corrected chi connectivity index (χ3v) is 5.19. The average molecular weight is 410 g/mol. The summed E-state index contributed by atoms with van der Waals surface area (Å²) in [7, 11) is 0. The summed E-state index contributed by atoms with van der Waals surface area (Å²) in [5, 5.41) is 5.93. The van der Waals surface area contributed by atoms with Gasteiger partial charge in [0, 0.05) is 11.3 Å². The van der Waals surface area contributed by atoms with Crippen molar-refractivity contribution < 1.29 is 14.0 Å². The van der Waals surface area contributed by atoms with Crippen LogP contribution >= 0.6 is 0 Å². The standard InChI is InChI=1S/C26H22N2O3/c1-26(20-11-4-2-5-12-20,21-13-6-3-7-14-21)28-24(29)19-10-8-15-22(18-19)27-25(30)23-16-9-17-31-23/h2-18H,1H3,(H,27,30)(H,28,29). The molecule has 5 nitrogen and oxygen atoms in total. The number of nitrogens with one attached hydrogen (secondary N) is 2. The van der Waals surface area contributed by atoms with Crippen molar-refractivity contribution >= 4 is 17.5 Å². The zero-order valence-electron chi connectivity index (χ0n) is 17.0. The lowest BCUT2D eigenvalue weighted by Crippen LogP contribution is -2.44. The van der Waals surface area contributed by atoms with Gasteiger partial charge in [-0.3, -0.25) is 9.59 Å². The predicted molar refractivity (Wildman–Crippen MR) is 120 cm³/mol. The molecule has 0 radical (unpaired) electrons. The summed E-state index contributed by atoms with van der Waals surface area (Å²) in [4.78, 5) is 25.5. The zero-order chi connectivity index (χ0) is 21.7. The second-order valence-electron chi connectivity index (χ2n) is 7.32. The minimum atomic E-state index is -0.729. The minimum absolute atomic E-state index is 0.204. The number of hydrogen-bond acceptors (Lipinski definition) is 3. The Bertz CT molecular complexity index is 1130. The van der Waals surface area contributed by atoms with Crippen LogP contribution in [0.25, 0.3) is 0 Å². The van der Waals surface area contributed by atoms with E-state index in [1.807, 2.05) is 67.6 Å². The Hall–Kier alpha value is -4.12. The highest BCUT2D eigenvalue weighted by atomic mass is 16.3. The first kappa shape index (κ1) is 20.2. The first-order chi connectivity index (χ1) is 15.1. The van der Waals surface area contributed by atoms with E-state index in [4.69, 9.17) is 4.42 Å². The number of carbonyl (C=O) groups excluding carboxylic acids is 2. The highest BCUT2D eigenvalue weighted by Gasteiger charge is 2.31. The number of benzene rings is 3. The van der Waals surface area contributed by atoms with Gasteiger partial charge in [0.2, 0.25) is 0 Å². The van der Waals surface area contributed by atoms with Gasteiger partial charge in [0.25, 0.3) is 11.8 Å². The molecular weight excluding hydrogens is 388 g/mol. The van der Waals surface area contributed by atoms with Gasteiger partial charge >= 0.3 is 0 Å². The molecule has 0 unspecified atom stereocenters. The van der Waals surface area contributed by atoms with Crippen molar-refractivity contribution in [3.63, 3.8) is 0 Å². The highest BCUT2D eigenvalue weighted by molar-refractivity contribution is 6.03. The van der Waals surface area contributed by atoms with E-state index >= 15 is 0 Å². The predicted octanol–water partition coefficient (Wildman–Crippen LogP) is 5.23. The molecule has 0 aliphatic carbocycles. The van der Waals surface area contributed by atoms with Crippen molar-refractivity contribution in [2.75, 3.05) is 5.32 Å². The summed E-state index contributed by atoms with van der Waals surface area (Å²) in [5.41, 5.74) is 2.16. The third-order valence-electron chi connectivity index (χ3n) is 5.19. The summed E-state index contributed by atoms with van der Waals surface area (Å²) in [6.45, 7) is 1.98. The van der Waals surface area contributed by atoms with Gasteiger partial charge in [0.1, 0.15) is 0 Å². The molecule has 3 aromatic carbocycles. The largest absolute Gasteiger partial charge is 0.459 e. The van der Waals surface area contributed by atoms with Gasteiger partial charge in [-0.2, -0.15) is 0 Å². The molecule has 5 heteroatoms. The van der Waals surface area contributed by atoms with Crippen molar-refractivity contribution in [2.45, 2.75) is 12.5 Å². The van der Waals surface area contributed by atoms with Crippen LogP contribution < -0.4 is 10.6 Å². The summed E-state index contributed by atoms with van der Waals surface area (Å²) in [6.07, 6.45) is 1.44. The summed E-state index contributed by atoms with van der Waals surface area (Å²) in [5.74, 6) is -0.416. The number of hydrogen-bond donors (Lipinski definition) is 2. The average Bonchev–Trinajstić information content (AvgIpc) is 3.36. The fraction of sp³-hybridized carbons (Fsp3) is 0.0769. The molecular formula is C26H22N2O3. The van der Waals surface area contributed by atoms with Crippen LogP contribution in [0.2, 0.25) is 0 Å². The molecule has 31 heavy (non-hydrogen) atoms. The van der Waals surface area contributed by atoms with Crippen LogP contribution in [0.15, 0.2) is 108 Å². The van der Waals surface area contributed by atoms with E-state index in [0.717, 1.165) is 11.1 Å². The second-order valence-corrected chi connectivity index (χ2v) is 7.32. The Kier molecular flexibility index (Phi) is 5.67. The molecule has 0 spiro atoms. The van der Waals surface area contributed by atoms with Crippen LogP contribution in [0.5, 0.6) is 0 Å². The molecule has 4 aromatic rings. The lowest BCUT2D eigenvalue weighted by molar-refractivity contribution is 0.0917. The van der Waals surface area contributed by atoms with E-state index in [-0.39, 0.29) is 17.6 Å². The Labute approximate surface area is 180 Å². The van der Waals surface area contributed by atoms with E-state index in [9.17, 15) is 9.59 Å². The molecule has 1 heterocycles. The van der Waals surface area contributed by atoms with Crippen LogP contribution in [0.3, 0.4) is 0 Å². The lowest BCUT2D eigenvalue weighted by Gasteiger charge is -2.32. The topological polar surface area (TPSA) is 71.3 Å². The summed E-state index contributed by atoms with van der Waals surface area (Å²) >= 11 is 0. The summed E-state index contributed by atoms with van der Waals surface area (Å²) < 4.78 is 5.12. The van der Waals surface area contributed by atoms with E-state index < -0.39 is 5.54 Å². The fourth-order valence-corrected chi connectivity index (χ4v) is 3.49. The molecule has 0 saturated heterocycles. The van der Waals surface area contributed by atoms with Crippen molar-refractivity contribution in [2.24, 2.45) is 0 Å². The molecule has 1 aromatic heterocycles. The Balaban J connectivity index is 1.60. The molecule has 0 aliphatic rings. The van der Waals surface area contributed by atoms with Crippen LogP contribution in [-0.4, -0.2) is 11.8 Å². The number of carbonyl (C=O) groups is 2. The van der Waals surface area contributed by atoms with Crippen molar-refractivity contribution in [1.29, 1.82) is 0 Å². The van der Waals surface area contributed by atoms with Crippen LogP contribution in [0.1, 0.15) is 39.0 Å².